The molecule has 2 unspecified atom stereocenters. The highest BCUT2D eigenvalue weighted by Gasteiger charge is 2.33. The molecule has 0 fully saturated rings. The standard InChI is InChI=1S/C46H32S2/c1-3-11-29-23-31(19-17-27(29)9-1)39-25-41-43(35-15-7-5-13-33(35)39)37-21-22-38-44-36-16-8-6-14-34(36)40(26-42(44)48-46(38)45(37)47-41)32-20-18-28-10-2-4-12-30(28)24-32/h1,3-9,11-15,17,19-26,28,36H,2,10,16,18H2. The monoisotopic (exact) mass is 648 g/mol. The summed E-state index contributed by atoms with van der Waals surface area (Å²) < 4.78 is 4.26. The zero-order valence-electron chi connectivity index (χ0n) is 26.5. The van der Waals surface area contributed by atoms with Gasteiger partial charge in [-0.3, -0.25) is 0 Å². The molecular weight excluding hydrogens is 617 g/mol. The molecule has 4 aliphatic carbocycles. The fourth-order valence-corrected chi connectivity index (χ4v) is 11.6. The topological polar surface area (TPSA) is 0 Å². The Morgan fingerprint density at radius 3 is 2.50 bits per heavy atom. The first-order valence-electron chi connectivity index (χ1n) is 17.3. The van der Waals surface area contributed by atoms with E-state index in [1.165, 1.54) is 109 Å². The van der Waals surface area contributed by atoms with E-state index in [-0.39, 0.29) is 0 Å². The number of hydrogen-bond acceptors (Lipinski definition) is 2. The molecule has 0 bridgehead atoms. The Morgan fingerprint density at radius 2 is 1.54 bits per heavy atom. The number of benzene rings is 5. The molecule has 2 aromatic heterocycles. The lowest BCUT2D eigenvalue weighted by Crippen LogP contribution is -2.15. The van der Waals surface area contributed by atoms with E-state index in [9.17, 15) is 0 Å². The molecule has 7 aromatic rings. The molecule has 0 N–H and O–H groups in total. The van der Waals surface area contributed by atoms with Gasteiger partial charge in [-0.15, -0.1) is 22.7 Å². The second-order valence-corrected chi connectivity index (χ2v) is 15.9. The van der Waals surface area contributed by atoms with Gasteiger partial charge in [0.2, 0.25) is 0 Å². The normalized spacial score (nSPS) is 20.1. The van der Waals surface area contributed by atoms with Gasteiger partial charge in [0.05, 0.1) is 9.40 Å². The first-order chi connectivity index (χ1) is 23.8. The number of rotatable bonds is 2. The van der Waals surface area contributed by atoms with Crippen molar-refractivity contribution in [3.63, 3.8) is 0 Å². The van der Waals surface area contributed by atoms with Crippen LogP contribution >= 0.6 is 22.7 Å². The molecule has 48 heavy (non-hydrogen) atoms. The molecule has 0 radical (unpaired) electrons. The third kappa shape index (κ3) is 3.94. The maximum Gasteiger partial charge on any atom is 0.0534 e. The average Bonchev–Trinajstić information content (AvgIpc) is 3.72. The minimum atomic E-state index is 0.407. The number of fused-ring (bicyclic) bond motifs is 13. The molecule has 0 aliphatic heterocycles. The van der Waals surface area contributed by atoms with Crippen molar-refractivity contribution in [3.05, 3.63) is 160 Å². The second kappa shape index (κ2) is 10.4. The fourth-order valence-electron chi connectivity index (χ4n) is 8.93. The van der Waals surface area contributed by atoms with Gasteiger partial charge in [0.15, 0.2) is 0 Å². The van der Waals surface area contributed by atoms with E-state index < -0.39 is 0 Å². The highest BCUT2D eigenvalue weighted by Crippen LogP contribution is 2.54. The zero-order valence-corrected chi connectivity index (χ0v) is 28.1. The molecule has 0 saturated heterocycles. The van der Waals surface area contributed by atoms with Crippen molar-refractivity contribution in [2.24, 2.45) is 5.92 Å². The summed E-state index contributed by atoms with van der Waals surface area (Å²) in [6.07, 6.45) is 24.1. The summed E-state index contributed by atoms with van der Waals surface area (Å²) in [5.41, 5.74) is 10.0. The third-order valence-electron chi connectivity index (χ3n) is 11.2. The highest BCUT2D eigenvalue weighted by molar-refractivity contribution is 7.31. The molecule has 2 heteroatoms. The van der Waals surface area contributed by atoms with Crippen LogP contribution in [0, 0.1) is 5.92 Å². The summed E-state index contributed by atoms with van der Waals surface area (Å²) >= 11 is 4.00. The van der Waals surface area contributed by atoms with Gasteiger partial charge in [-0.1, -0.05) is 115 Å². The first-order valence-corrected chi connectivity index (χ1v) is 18.9. The molecule has 0 spiro atoms. The second-order valence-electron chi connectivity index (χ2n) is 13.8. The Bertz CT molecular complexity index is 2730. The van der Waals surface area contributed by atoms with Gasteiger partial charge in [-0.25, -0.2) is 0 Å². The van der Waals surface area contributed by atoms with E-state index in [1.807, 2.05) is 22.7 Å². The third-order valence-corrected chi connectivity index (χ3v) is 13.7. The van der Waals surface area contributed by atoms with Gasteiger partial charge in [-0.05, 0) is 116 Å². The summed E-state index contributed by atoms with van der Waals surface area (Å²) in [5, 5.41) is 9.48. The van der Waals surface area contributed by atoms with Gasteiger partial charge in [-0.2, -0.15) is 0 Å². The Morgan fingerprint density at radius 1 is 0.688 bits per heavy atom. The molecule has 5 aromatic carbocycles. The quantitative estimate of drug-likeness (QED) is 0.175. The van der Waals surface area contributed by atoms with E-state index >= 15 is 0 Å². The van der Waals surface area contributed by atoms with E-state index in [0.717, 1.165) is 12.8 Å². The van der Waals surface area contributed by atoms with Crippen LogP contribution in [0.25, 0.3) is 69.0 Å². The zero-order chi connectivity index (χ0) is 31.3. The minimum Gasteiger partial charge on any atom is -0.134 e. The van der Waals surface area contributed by atoms with Gasteiger partial charge >= 0.3 is 0 Å². The van der Waals surface area contributed by atoms with Crippen molar-refractivity contribution in [3.8, 4) is 11.1 Å². The molecule has 0 saturated carbocycles. The maximum atomic E-state index is 2.53. The van der Waals surface area contributed by atoms with Crippen LogP contribution in [0.1, 0.15) is 42.0 Å². The fraction of sp³-hybridized carbons (Fsp3) is 0.130. The van der Waals surface area contributed by atoms with E-state index in [0.29, 0.717) is 11.8 Å². The van der Waals surface area contributed by atoms with Crippen LogP contribution in [0.15, 0.2) is 150 Å². The lowest BCUT2D eigenvalue weighted by atomic mass is 9.72. The average molecular weight is 649 g/mol. The molecule has 228 valence electrons. The van der Waals surface area contributed by atoms with Gasteiger partial charge in [0.25, 0.3) is 0 Å². The number of allylic oxidation sites excluding steroid dienone is 11. The lowest BCUT2D eigenvalue weighted by molar-refractivity contribution is 0.563. The van der Waals surface area contributed by atoms with Crippen LogP contribution in [-0.4, -0.2) is 0 Å². The van der Waals surface area contributed by atoms with Crippen LogP contribution in [0.4, 0.5) is 0 Å². The van der Waals surface area contributed by atoms with Gasteiger partial charge in [0.1, 0.15) is 0 Å². The minimum absolute atomic E-state index is 0.407. The summed E-state index contributed by atoms with van der Waals surface area (Å²) in [7, 11) is 0. The van der Waals surface area contributed by atoms with Crippen molar-refractivity contribution in [2.75, 3.05) is 0 Å². The molecule has 0 nitrogen and oxygen atoms in total. The molecule has 2 heterocycles. The van der Waals surface area contributed by atoms with Crippen LogP contribution in [0.5, 0.6) is 0 Å². The molecular formula is C46H32S2. The Hall–Kier alpha value is -4.76. The molecule has 0 amide bonds. The summed E-state index contributed by atoms with van der Waals surface area (Å²) in [6, 6.07) is 32.0. The predicted octanol–water partition coefficient (Wildman–Crippen LogP) is 13.8. The molecule has 11 rings (SSSR count). The summed E-state index contributed by atoms with van der Waals surface area (Å²) in [6.45, 7) is 0. The van der Waals surface area contributed by atoms with Crippen molar-refractivity contribution in [1.82, 2.24) is 0 Å². The Balaban J connectivity index is 1.13. The summed E-state index contributed by atoms with van der Waals surface area (Å²) in [5.74, 6) is 1.10. The SMILES string of the molecule is C1=CCC2C(=C1)C(C1=CCC3CCC=CC3=C1)=Cc1sc3c(ccc4c3sc3cc(-c5ccc6ccccc6c5)c5ccccc5c34)c12. The van der Waals surface area contributed by atoms with Crippen molar-refractivity contribution >= 4 is 80.6 Å². The smallest absolute Gasteiger partial charge is 0.0534 e. The summed E-state index contributed by atoms with van der Waals surface area (Å²) in [4.78, 5) is 1.45. The van der Waals surface area contributed by atoms with Crippen molar-refractivity contribution in [2.45, 2.75) is 31.6 Å². The van der Waals surface area contributed by atoms with E-state index in [1.54, 1.807) is 0 Å². The number of thiophene rings is 2. The van der Waals surface area contributed by atoms with Gasteiger partial charge in [0, 0.05) is 26.3 Å². The Kier molecular flexibility index (Phi) is 5.88. The molecule has 4 aliphatic rings. The van der Waals surface area contributed by atoms with Crippen molar-refractivity contribution < 1.29 is 0 Å². The van der Waals surface area contributed by atoms with Crippen LogP contribution < -0.4 is 0 Å². The lowest BCUT2D eigenvalue weighted by Gasteiger charge is -2.31. The Labute approximate surface area is 288 Å². The predicted molar refractivity (Wildman–Crippen MR) is 210 cm³/mol. The van der Waals surface area contributed by atoms with Gasteiger partial charge < -0.3 is 0 Å². The first kappa shape index (κ1) is 27.2. The van der Waals surface area contributed by atoms with E-state index in [2.05, 4.69) is 134 Å². The molecule has 2 atom stereocenters. The van der Waals surface area contributed by atoms with Crippen LogP contribution in [0.2, 0.25) is 0 Å². The van der Waals surface area contributed by atoms with E-state index in [4.69, 9.17) is 0 Å². The number of hydrogen-bond donors (Lipinski definition) is 0. The largest absolute Gasteiger partial charge is 0.134 e. The van der Waals surface area contributed by atoms with Crippen LogP contribution in [-0.2, 0) is 0 Å². The van der Waals surface area contributed by atoms with Crippen LogP contribution in [0.3, 0.4) is 0 Å². The highest BCUT2D eigenvalue weighted by atomic mass is 32.1. The maximum absolute atomic E-state index is 2.53. The van der Waals surface area contributed by atoms with Crippen molar-refractivity contribution in [1.29, 1.82) is 0 Å².